The van der Waals surface area contributed by atoms with Gasteiger partial charge in [0.15, 0.2) is 5.96 Å². The van der Waals surface area contributed by atoms with Crippen molar-refractivity contribution in [2.75, 3.05) is 13.6 Å². The molecule has 0 saturated heterocycles. The van der Waals surface area contributed by atoms with Crippen LogP contribution in [-0.4, -0.2) is 24.5 Å². The lowest BCUT2D eigenvalue weighted by Gasteiger charge is -2.19. The lowest BCUT2D eigenvalue weighted by atomic mass is 9.94. The first-order valence-corrected chi connectivity index (χ1v) is 8.98. The van der Waals surface area contributed by atoms with E-state index >= 15 is 0 Å². The molecule has 140 valence electrons. The third-order valence-corrected chi connectivity index (χ3v) is 4.81. The van der Waals surface area contributed by atoms with E-state index in [0.717, 1.165) is 30.7 Å². The lowest BCUT2D eigenvalue weighted by Crippen LogP contribution is -2.41. The molecule has 5 nitrogen and oxygen atoms in total. The molecule has 0 aliphatic heterocycles. The Balaban J connectivity index is 1.55. The van der Waals surface area contributed by atoms with E-state index < -0.39 is 0 Å². The fourth-order valence-corrected chi connectivity index (χ4v) is 2.91. The second-order valence-corrected chi connectivity index (χ2v) is 7.94. The number of guanidine groups is 1. The van der Waals surface area contributed by atoms with Crippen molar-refractivity contribution in [2.24, 2.45) is 4.99 Å². The monoisotopic (exact) mass is 358 g/mol. The Morgan fingerprint density at radius 2 is 2.08 bits per heavy atom. The number of rotatable bonds is 5. The van der Waals surface area contributed by atoms with Gasteiger partial charge in [-0.2, -0.15) is 0 Å². The zero-order chi connectivity index (χ0) is 18.8. The number of aliphatic imine (C=N–C) groups is 1. The van der Waals surface area contributed by atoms with Gasteiger partial charge in [0, 0.05) is 24.4 Å². The van der Waals surface area contributed by atoms with Crippen LogP contribution in [0.15, 0.2) is 39.9 Å². The molecule has 3 rings (SSSR count). The Bertz CT molecular complexity index is 787. The SMILES string of the molecule is CN=C(NCc1ncc(C(C)(C)C)o1)NCC1(c2cccc(F)c2)CC1. The number of aromatic nitrogens is 1. The molecule has 1 heterocycles. The Labute approximate surface area is 154 Å². The first kappa shape index (κ1) is 18.4. The summed E-state index contributed by atoms with van der Waals surface area (Å²) in [4.78, 5) is 8.57. The highest BCUT2D eigenvalue weighted by molar-refractivity contribution is 5.79. The lowest BCUT2D eigenvalue weighted by molar-refractivity contribution is 0.379. The summed E-state index contributed by atoms with van der Waals surface area (Å²) >= 11 is 0. The number of hydrogen-bond acceptors (Lipinski definition) is 3. The molecule has 1 aliphatic carbocycles. The van der Waals surface area contributed by atoms with Gasteiger partial charge in [-0.25, -0.2) is 9.37 Å². The number of halogens is 1. The minimum atomic E-state index is -0.185. The largest absolute Gasteiger partial charge is 0.443 e. The van der Waals surface area contributed by atoms with Crippen molar-refractivity contribution in [3.63, 3.8) is 0 Å². The Morgan fingerprint density at radius 1 is 1.31 bits per heavy atom. The van der Waals surface area contributed by atoms with E-state index in [-0.39, 0.29) is 16.6 Å². The quantitative estimate of drug-likeness (QED) is 0.634. The molecule has 0 radical (unpaired) electrons. The van der Waals surface area contributed by atoms with Crippen LogP contribution in [0, 0.1) is 5.82 Å². The van der Waals surface area contributed by atoms with Gasteiger partial charge in [0.1, 0.15) is 11.6 Å². The molecule has 26 heavy (non-hydrogen) atoms. The van der Waals surface area contributed by atoms with Gasteiger partial charge in [0.05, 0.1) is 12.7 Å². The molecule has 2 aromatic rings. The van der Waals surface area contributed by atoms with Crippen LogP contribution in [0.3, 0.4) is 0 Å². The summed E-state index contributed by atoms with van der Waals surface area (Å²) in [7, 11) is 1.73. The van der Waals surface area contributed by atoms with Crippen molar-refractivity contribution in [1.82, 2.24) is 15.6 Å². The third-order valence-electron chi connectivity index (χ3n) is 4.81. The summed E-state index contributed by atoms with van der Waals surface area (Å²) in [5.41, 5.74) is 0.985. The normalized spacial score (nSPS) is 16.4. The smallest absolute Gasteiger partial charge is 0.213 e. The molecule has 0 unspecified atom stereocenters. The second-order valence-electron chi connectivity index (χ2n) is 7.94. The molecule has 1 aromatic carbocycles. The Kier molecular flexibility index (Phi) is 5.03. The molecule has 0 bridgehead atoms. The number of benzene rings is 1. The summed E-state index contributed by atoms with van der Waals surface area (Å²) in [5.74, 6) is 1.99. The molecule has 2 N–H and O–H groups in total. The van der Waals surface area contributed by atoms with E-state index in [9.17, 15) is 4.39 Å². The van der Waals surface area contributed by atoms with Crippen LogP contribution in [0.5, 0.6) is 0 Å². The van der Waals surface area contributed by atoms with Crippen molar-refractivity contribution >= 4 is 5.96 Å². The summed E-state index contributed by atoms with van der Waals surface area (Å²) < 4.78 is 19.3. The van der Waals surface area contributed by atoms with Crippen LogP contribution in [0.1, 0.15) is 50.8 Å². The maximum absolute atomic E-state index is 13.5. The molecule has 1 saturated carbocycles. The molecule has 1 aromatic heterocycles. The van der Waals surface area contributed by atoms with Crippen LogP contribution in [0.4, 0.5) is 4.39 Å². The fourth-order valence-electron chi connectivity index (χ4n) is 2.91. The van der Waals surface area contributed by atoms with E-state index in [2.05, 4.69) is 41.4 Å². The highest BCUT2D eigenvalue weighted by Gasteiger charge is 2.44. The van der Waals surface area contributed by atoms with Gasteiger partial charge in [-0.15, -0.1) is 0 Å². The van der Waals surface area contributed by atoms with Gasteiger partial charge >= 0.3 is 0 Å². The first-order chi connectivity index (χ1) is 12.3. The Hall–Kier alpha value is -2.37. The van der Waals surface area contributed by atoms with Crippen LogP contribution in [-0.2, 0) is 17.4 Å². The first-order valence-electron chi connectivity index (χ1n) is 8.98. The minimum Gasteiger partial charge on any atom is -0.443 e. The van der Waals surface area contributed by atoms with E-state index in [0.29, 0.717) is 18.4 Å². The standard InChI is InChI=1S/C20H27FN4O/c1-19(2,3)16-11-23-17(26-16)12-24-18(22-4)25-13-20(8-9-20)14-6-5-7-15(21)10-14/h5-7,10-11H,8-9,12-13H2,1-4H3,(H2,22,24,25). The molecular weight excluding hydrogens is 331 g/mol. The Morgan fingerprint density at radius 3 is 2.65 bits per heavy atom. The van der Waals surface area contributed by atoms with E-state index in [1.54, 1.807) is 25.4 Å². The third kappa shape index (κ3) is 4.23. The van der Waals surface area contributed by atoms with Crippen LogP contribution in [0.2, 0.25) is 0 Å². The average molecular weight is 358 g/mol. The van der Waals surface area contributed by atoms with Gasteiger partial charge in [-0.05, 0) is 30.5 Å². The van der Waals surface area contributed by atoms with Crippen LogP contribution in [0.25, 0.3) is 0 Å². The van der Waals surface area contributed by atoms with Gasteiger partial charge in [-0.1, -0.05) is 32.9 Å². The van der Waals surface area contributed by atoms with Gasteiger partial charge < -0.3 is 15.1 Å². The van der Waals surface area contributed by atoms with Crippen molar-refractivity contribution < 1.29 is 8.81 Å². The zero-order valence-electron chi connectivity index (χ0n) is 15.9. The second kappa shape index (κ2) is 7.09. The van der Waals surface area contributed by atoms with Gasteiger partial charge in [0.25, 0.3) is 0 Å². The zero-order valence-corrected chi connectivity index (χ0v) is 15.9. The number of nitrogens with zero attached hydrogens (tertiary/aromatic N) is 2. The van der Waals surface area contributed by atoms with E-state index in [4.69, 9.17) is 4.42 Å². The molecule has 6 heteroatoms. The number of nitrogens with one attached hydrogen (secondary N) is 2. The predicted molar refractivity (Wildman–Crippen MR) is 101 cm³/mol. The average Bonchev–Trinajstić information content (AvgIpc) is 3.22. The van der Waals surface area contributed by atoms with Crippen molar-refractivity contribution in [3.8, 4) is 0 Å². The van der Waals surface area contributed by atoms with Gasteiger partial charge in [-0.3, -0.25) is 4.99 Å². The molecule has 1 fully saturated rings. The molecule has 1 aliphatic rings. The summed E-state index contributed by atoms with van der Waals surface area (Å²) in [6.07, 6.45) is 3.88. The summed E-state index contributed by atoms with van der Waals surface area (Å²) in [5, 5.41) is 6.57. The minimum absolute atomic E-state index is 0.00204. The highest BCUT2D eigenvalue weighted by atomic mass is 19.1. The van der Waals surface area contributed by atoms with Gasteiger partial charge in [0.2, 0.25) is 5.89 Å². The molecule has 0 atom stereocenters. The van der Waals surface area contributed by atoms with Crippen molar-refractivity contribution in [3.05, 3.63) is 53.5 Å². The fraction of sp³-hybridized carbons (Fsp3) is 0.500. The van der Waals surface area contributed by atoms with Crippen molar-refractivity contribution in [2.45, 2.75) is 51.0 Å². The molecule has 0 spiro atoms. The number of hydrogen-bond donors (Lipinski definition) is 2. The van der Waals surface area contributed by atoms with Crippen LogP contribution < -0.4 is 10.6 Å². The maximum atomic E-state index is 13.5. The summed E-state index contributed by atoms with van der Waals surface area (Å²) in [6, 6.07) is 6.88. The van der Waals surface area contributed by atoms with Crippen molar-refractivity contribution in [1.29, 1.82) is 0 Å². The topological polar surface area (TPSA) is 62.5 Å². The van der Waals surface area contributed by atoms with Crippen LogP contribution >= 0.6 is 0 Å². The van der Waals surface area contributed by atoms with E-state index in [1.807, 2.05) is 6.07 Å². The highest BCUT2D eigenvalue weighted by Crippen LogP contribution is 2.47. The predicted octanol–water partition coefficient (Wildman–Crippen LogP) is 3.51. The number of oxazole rings is 1. The van der Waals surface area contributed by atoms with E-state index in [1.165, 1.54) is 6.07 Å². The molecule has 0 amide bonds. The summed E-state index contributed by atoms with van der Waals surface area (Å²) in [6.45, 7) is 7.45. The molecular formula is C20H27FN4O. The maximum Gasteiger partial charge on any atom is 0.213 e.